The number of rotatable bonds is 5. The van der Waals surface area contributed by atoms with Gasteiger partial charge in [0.05, 0.1) is 0 Å². The molecule has 1 aromatic carbocycles. The van der Waals surface area contributed by atoms with Crippen LogP contribution < -0.4 is 11.3 Å². The molecule has 0 aliphatic heterocycles. The monoisotopic (exact) mass is 310 g/mol. The molecule has 0 aliphatic carbocycles. The smallest absolute Gasteiger partial charge is 0.271 e. The van der Waals surface area contributed by atoms with Crippen LogP contribution in [0.4, 0.5) is 13.2 Å². The van der Waals surface area contributed by atoms with E-state index in [0.29, 0.717) is 6.42 Å². The summed E-state index contributed by atoms with van der Waals surface area (Å²) in [5, 5.41) is 0. The number of hydrazine groups is 1. The van der Waals surface area contributed by atoms with Crippen molar-refractivity contribution in [1.82, 2.24) is 5.43 Å². The highest BCUT2D eigenvalue weighted by Crippen LogP contribution is 2.29. The van der Waals surface area contributed by atoms with E-state index < -0.39 is 12.6 Å². The van der Waals surface area contributed by atoms with Crippen molar-refractivity contribution >= 4 is 15.9 Å². The van der Waals surface area contributed by atoms with Gasteiger partial charge in [-0.25, -0.2) is 0 Å². The lowest BCUT2D eigenvalue weighted by Crippen LogP contribution is -2.28. The Bertz CT molecular complexity index is 355. The maximum Gasteiger partial charge on any atom is 0.389 e. The number of hydrogen-bond acceptors (Lipinski definition) is 2. The Morgan fingerprint density at radius 1 is 1.29 bits per heavy atom. The first-order valence-corrected chi connectivity index (χ1v) is 6.00. The highest BCUT2D eigenvalue weighted by Gasteiger charge is 2.27. The van der Waals surface area contributed by atoms with Crippen LogP contribution in [0.15, 0.2) is 28.7 Å². The second-order valence-electron chi connectivity index (χ2n) is 3.75. The van der Waals surface area contributed by atoms with E-state index in [9.17, 15) is 13.2 Å². The maximum atomic E-state index is 12.0. The van der Waals surface area contributed by atoms with E-state index in [0.717, 1.165) is 10.0 Å². The number of nitrogens with two attached hydrogens (primary N) is 1. The van der Waals surface area contributed by atoms with Crippen LogP contribution in [0.25, 0.3) is 0 Å². The molecule has 96 valence electrons. The number of benzene rings is 1. The Morgan fingerprint density at radius 2 is 1.94 bits per heavy atom. The zero-order chi connectivity index (χ0) is 12.9. The summed E-state index contributed by atoms with van der Waals surface area (Å²) in [5.41, 5.74) is 3.42. The molecule has 0 saturated carbocycles. The van der Waals surface area contributed by atoms with Crippen molar-refractivity contribution in [3.8, 4) is 0 Å². The summed E-state index contributed by atoms with van der Waals surface area (Å²) in [7, 11) is 0. The molecule has 0 aromatic heterocycles. The second kappa shape index (κ2) is 6.37. The van der Waals surface area contributed by atoms with Crippen LogP contribution in [0.2, 0.25) is 0 Å². The maximum absolute atomic E-state index is 12.0. The predicted octanol–water partition coefficient (Wildman–Crippen LogP) is 3.69. The van der Waals surface area contributed by atoms with E-state index in [-0.39, 0.29) is 12.5 Å². The molecule has 1 unspecified atom stereocenters. The van der Waals surface area contributed by atoms with Crippen molar-refractivity contribution in [2.24, 2.45) is 5.84 Å². The lowest BCUT2D eigenvalue weighted by Gasteiger charge is -2.18. The summed E-state index contributed by atoms with van der Waals surface area (Å²) < 4.78 is 36.9. The van der Waals surface area contributed by atoms with Gasteiger partial charge in [-0.3, -0.25) is 11.3 Å². The standard InChI is InChI=1S/C11H14BrF3N2/c12-9-5-2-1-4-8(9)10(17-16)6-3-7-11(13,14)15/h1-2,4-5,10,17H,3,6-7,16H2. The third-order valence-corrected chi connectivity index (χ3v) is 3.16. The van der Waals surface area contributed by atoms with E-state index in [1.54, 1.807) is 0 Å². The third kappa shape index (κ3) is 5.06. The van der Waals surface area contributed by atoms with Crippen LogP contribution in [0, 0.1) is 0 Å². The Kier molecular flexibility index (Phi) is 5.42. The zero-order valence-electron chi connectivity index (χ0n) is 9.10. The Labute approximate surface area is 106 Å². The quantitative estimate of drug-likeness (QED) is 0.643. The number of halogens is 4. The fourth-order valence-electron chi connectivity index (χ4n) is 1.59. The fourth-order valence-corrected chi connectivity index (χ4v) is 2.15. The molecule has 17 heavy (non-hydrogen) atoms. The SMILES string of the molecule is NNC(CCCC(F)(F)F)c1ccccc1Br. The summed E-state index contributed by atoms with van der Waals surface area (Å²) in [6.45, 7) is 0. The van der Waals surface area contributed by atoms with E-state index >= 15 is 0 Å². The van der Waals surface area contributed by atoms with Gasteiger partial charge in [0.25, 0.3) is 0 Å². The van der Waals surface area contributed by atoms with Crippen molar-refractivity contribution in [2.75, 3.05) is 0 Å². The Hall–Kier alpha value is -0.590. The minimum absolute atomic E-state index is 0.0553. The second-order valence-corrected chi connectivity index (χ2v) is 4.60. The molecule has 1 aromatic rings. The first kappa shape index (κ1) is 14.5. The van der Waals surface area contributed by atoms with Crippen LogP contribution >= 0.6 is 15.9 Å². The number of nitrogens with one attached hydrogen (secondary N) is 1. The molecule has 6 heteroatoms. The van der Waals surface area contributed by atoms with Gasteiger partial charge in [0.15, 0.2) is 0 Å². The van der Waals surface area contributed by atoms with E-state index in [4.69, 9.17) is 5.84 Å². The Balaban J connectivity index is 2.58. The van der Waals surface area contributed by atoms with Crippen LogP contribution in [-0.4, -0.2) is 6.18 Å². The third-order valence-electron chi connectivity index (χ3n) is 2.43. The molecule has 2 nitrogen and oxygen atoms in total. The van der Waals surface area contributed by atoms with Crippen molar-refractivity contribution in [1.29, 1.82) is 0 Å². The molecule has 0 aliphatic rings. The van der Waals surface area contributed by atoms with Gasteiger partial charge in [-0.05, 0) is 24.5 Å². The summed E-state index contributed by atoms with van der Waals surface area (Å²) in [4.78, 5) is 0. The van der Waals surface area contributed by atoms with E-state index in [1.807, 2.05) is 24.3 Å². The van der Waals surface area contributed by atoms with Crippen LogP contribution in [0.3, 0.4) is 0 Å². The molecule has 1 rings (SSSR count). The van der Waals surface area contributed by atoms with Gasteiger partial charge in [-0.2, -0.15) is 13.2 Å². The molecule has 0 heterocycles. The molecular weight excluding hydrogens is 297 g/mol. The summed E-state index contributed by atoms with van der Waals surface area (Å²) in [6.07, 6.45) is -4.49. The largest absolute Gasteiger partial charge is 0.389 e. The summed E-state index contributed by atoms with van der Waals surface area (Å²) in [6, 6.07) is 7.07. The average molecular weight is 311 g/mol. The van der Waals surface area contributed by atoms with Crippen LogP contribution in [-0.2, 0) is 0 Å². The number of alkyl halides is 3. The van der Waals surface area contributed by atoms with Gasteiger partial charge in [-0.1, -0.05) is 34.1 Å². The first-order valence-electron chi connectivity index (χ1n) is 5.21. The van der Waals surface area contributed by atoms with Crippen LogP contribution in [0.5, 0.6) is 0 Å². The fraction of sp³-hybridized carbons (Fsp3) is 0.455. The van der Waals surface area contributed by atoms with Crippen LogP contribution in [0.1, 0.15) is 30.9 Å². The van der Waals surface area contributed by atoms with Gasteiger partial charge in [0.2, 0.25) is 0 Å². The zero-order valence-corrected chi connectivity index (χ0v) is 10.7. The molecular formula is C11H14BrF3N2. The molecule has 0 bridgehead atoms. The summed E-state index contributed by atoms with van der Waals surface area (Å²) in [5.74, 6) is 5.37. The first-order chi connectivity index (χ1) is 7.94. The van der Waals surface area contributed by atoms with Gasteiger partial charge in [0.1, 0.15) is 0 Å². The molecule has 0 radical (unpaired) electrons. The van der Waals surface area contributed by atoms with E-state index in [1.165, 1.54) is 0 Å². The van der Waals surface area contributed by atoms with Gasteiger partial charge in [0, 0.05) is 16.9 Å². The molecule has 3 N–H and O–H groups in total. The molecule has 0 fully saturated rings. The topological polar surface area (TPSA) is 38.0 Å². The molecule has 0 amide bonds. The van der Waals surface area contributed by atoms with E-state index in [2.05, 4.69) is 21.4 Å². The van der Waals surface area contributed by atoms with Crippen molar-refractivity contribution in [2.45, 2.75) is 31.5 Å². The van der Waals surface area contributed by atoms with Crippen molar-refractivity contribution < 1.29 is 13.2 Å². The lowest BCUT2D eigenvalue weighted by atomic mass is 10.0. The predicted molar refractivity (Wildman–Crippen MR) is 64.1 cm³/mol. The molecule has 1 atom stereocenters. The number of hydrogen-bond donors (Lipinski definition) is 2. The summed E-state index contributed by atoms with van der Waals surface area (Å²) >= 11 is 3.35. The van der Waals surface area contributed by atoms with Gasteiger partial charge in [-0.15, -0.1) is 0 Å². The highest BCUT2D eigenvalue weighted by atomic mass is 79.9. The van der Waals surface area contributed by atoms with Gasteiger partial charge < -0.3 is 0 Å². The van der Waals surface area contributed by atoms with Crippen molar-refractivity contribution in [3.05, 3.63) is 34.3 Å². The van der Waals surface area contributed by atoms with Crippen molar-refractivity contribution in [3.63, 3.8) is 0 Å². The van der Waals surface area contributed by atoms with Gasteiger partial charge >= 0.3 is 6.18 Å². The molecule has 0 spiro atoms. The average Bonchev–Trinajstić information content (AvgIpc) is 2.24. The highest BCUT2D eigenvalue weighted by molar-refractivity contribution is 9.10. The minimum atomic E-state index is -4.10. The Morgan fingerprint density at radius 3 is 2.47 bits per heavy atom. The minimum Gasteiger partial charge on any atom is -0.271 e. The normalized spacial score (nSPS) is 13.7. The molecule has 0 saturated heterocycles. The lowest BCUT2D eigenvalue weighted by molar-refractivity contribution is -0.135.